The Labute approximate surface area is 128 Å². The zero-order valence-corrected chi connectivity index (χ0v) is 12.9. The molecule has 1 aromatic rings. The van der Waals surface area contributed by atoms with E-state index in [9.17, 15) is 17.6 Å². The Hall–Kier alpha value is -1.52. The molecule has 1 aliphatic rings. The molecule has 0 aliphatic carbocycles. The van der Waals surface area contributed by atoms with E-state index in [0.717, 1.165) is 12.8 Å². The summed E-state index contributed by atoms with van der Waals surface area (Å²) in [7, 11) is 0. The van der Waals surface area contributed by atoms with Crippen molar-refractivity contribution in [2.75, 3.05) is 18.0 Å². The molecule has 0 amide bonds. The molecular formula is C17H21F4N. The number of anilines is 1. The molecule has 1 heterocycles. The van der Waals surface area contributed by atoms with E-state index in [0.29, 0.717) is 25.9 Å². The summed E-state index contributed by atoms with van der Waals surface area (Å²) >= 11 is 0. The topological polar surface area (TPSA) is 3.24 Å². The van der Waals surface area contributed by atoms with Crippen LogP contribution in [-0.4, -0.2) is 13.1 Å². The zero-order chi connectivity index (χ0) is 16.3. The largest absolute Gasteiger partial charge is 0.367 e. The minimum atomic E-state index is -1.28. The first-order valence-corrected chi connectivity index (χ1v) is 7.71. The highest BCUT2D eigenvalue weighted by Gasteiger charge is 2.29. The van der Waals surface area contributed by atoms with Crippen molar-refractivity contribution < 1.29 is 17.6 Å². The van der Waals surface area contributed by atoms with Crippen molar-refractivity contribution in [3.8, 4) is 0 Å². The summed E-state index contributed by atoms with van der Waals surface area (Å²) in [5.74, 6) is -5.74. The van der Waals surface area contributed by atoms with Crippen LogP contribution in [0.25, 0.3) is 0 Å². The minimum Gasteiger partial charge on any atom is -0.367 e. The molecule has 0 saturated heterocycles. The highest BCUT2D eigenvalue weighted by atomic mass is 19.2. The van der Waals surface area contributed by atoms with E-state index in [1.807, 2.05) is 12.2 Å². The summed E-state index contributed by atoms with van der Waals surface area (Å²) in [5.41, 5.74) is -1.09. The molecule has 0 atom stereocenters. The Morgan fingerprint density at radius 2 is 1.27 bits per heavy atom. The fourth-order valence-corrected chi connectivity index (χ4v) is 2.79. The second kappa shape index (κ2) is 7.16. The molecule has 0 spiro atoms. The normalized spacial score (nSPS) is 18.0. The first kappa shape index (κ1) is 16.8. The third kappa shape index (κ3) is 3.28. The van der Waals surface area contributed by atoms with Crippen molar-refractivity contribution in [2.45, 2.75) is 45.4 Å². The van der Waals surface area contributed by atoms with Gasteiger partial charge < -0.3 is 4.90 Å². The molecule has 1 aromatic carbocycles. The first-order valence-electron chi connectivity index (χ1n) is 7.71. The van der Waals surface area contributed by atoms with Gasteiger partial charge in [0.15, 0.2) is 23.3 Å². The van der Waals surface area contributed by atoms with E-state index in [4.69, 9.17) is 0 Å². The Bertz CT molecular complexity index is 525. The van der Waals surface area contributed by atoms with Gasteiger partial charge in [0.1, 0.15) is 5.69 Å². The van der Waals surface area contributed by atoms with Gasteiger partial charge in [0, 0.05) is 18.7 Å². The van der Waals surface area contributed by atoms with Gasteiger partial charge in [-0.2, -0.15) is 0 Å². The molecule has 0 radical (unpaired) electrons. The average Bonchev–Trinajstić information content (AvgIpc) is 2.59. The van der Waals surface area contributed by atoms with E-state index in [-0.39, 0.29) is 0 Å². The lowest BCUT2D eigenvalue weighted by molar-refractivity contribution is 0.430. The Balaban J connectivity index is 2.46. The lowest BCUT2D eigenvalue weighted by atomic mass is 10.00. The van der Waals surface area contributed by atoms with E-state index in [2.05, 4.69) is 0 Å². The van der Waals surface area contributed by atoms with E-state index >= 15 is 0 Å². The van der Waals surface area contributed by atoms with Gasteiger partial charge in [-0.3, -0.25) is 0 Å². The third-order valence-electron chi connectivity index (χ3n) is 3.93. The summed E-state index contributed by atoms with van der Waals surface area (Å²) in [6.07, 6.45) is 7.00. The predicted molar refractivity (Wildman–Crippen MR) is 80.2 cm³/mol. The SMILES string of the molecule is CC(C)c1c(F)c(F)c(N2CCC/C=C\CCC2)c(F)c1F. The van der Waals surface area contributed by atoms with Gasteiger partial charge in [0.05, 0.1) is 0 Å². The molecule has 22 heavy (non-hydrogen) atoms. The maximum Gasteiger partial charge on any atom is 0.185 e. The summed E-state index contributed by atoms with van der Waals surface area (Å²) < 4.78 is 57.0. The lowest BCUT2D eigenvalue weighted by Crippen LogP contribution is -2.29. The molecule has 0 bridgehead atoms. The molecule has 2 rings (SSSR count). The number of nitrogens with zero attached hydrogens (tertiary/aromatic N) is 1. The van der Waals surface area contributed by atoms with Crippen LogP contribution in [0.1, 0.15) is 51.0 Å². The number of halogens is 4. The van der Waals surface area contributed by atoms with Crippen molar-refractivity contribution >= 4 is 5.69 Å². The van der Waals surface area contributed by atoms with Crippen LogP contribution < -0.4 is 4.90 Å². The smallest absolute Gasteiger partial charge is 0.185 e. The van der Waals surface area contributed by atoms with Crippen LogP contribution in [0.3, 0.4) is 0 Å². The van der Waals surface area contributed by atoms with Gasteiger partial charge in [-0.25, -0.2) is 17.6 Å². The second-order valence-corrected chi connectivity index (χ2v) is 5.92. The maximum atomic E-state index is 14.3. The second-order valence-electron chi connectivity index (χ2n) is 5.92. The van der Waals surface area contributed by atoms with Crippen LogP contribution in [0, 0.1) is 23.3 Å². The Morgan fingerprint density at radius 1 is 0.818 bits per heavy atom. The van der Waals surface area contributed by atoms with Crippen molar-refractivity contribution in [3.63, 3.8) is 0 Å². The monoisotopic (exact) mass is 315 g/mol. The third-order valence-corrected chi connectivity index (χ3v) is 3.93. The van der Waals surface area contributed by atoms with Crippen LogP contribution in [0.15, 0.2) is 12.2 Å². The Kier molecular flexibility index (Phi) is 5.48. The fourth-order valence-electron chi connectivity index (χ4n) is 2.79. The van der Waals surface area contributed by atoms with Crippen molar-refractivity contribution in [1.29, 1.82) is 0 Å². The van der Waals surface area contributed by atoms with E-state index in [1.54, 1.807) is 0 Å². The maximum absolute atomic E-state index is 14.3. The van der Waals surface area contributed by atoms with Gasteiger partial charge in [-0.1, -0.05) is 26.0 Å². The van der Waals surface area contributed by atoms with Crippen molar-refractivity contribution in [2.24, 2.45) is 0 Å². The molecule has 0 aromatic heterocycles. The average molecular weight is 315 g/mol. The number of hydrogen-bond acceptors (Lipinski definition) is 1. The highest BCUT2D eigenvalue weighted by molar-refractivity contribution is 5.52. The first-order chi connectivity index (χ1) is 10.4. The van der Waals surface area contributed by atoms with Crippen LogP contribution in [-0.2, 0) is 0 Å². The van der Waals surface area contributed by atoms with Crippen LogP contribution in [0.4, 0.5) is 23.2 Å². The number of rotatable bonds is 2. The molecular weight excluding hydrogens is 294 g/mol. The predicted octanol–water partition coefficient (Wildman–Crippen LogP) is 5.30. The summed E-state index contributed by atoms with van der Waals surface area (Å²) in [6.45, 7) is 3.76. The highest BCUT2D eigenvalue weighted by Crippen LogP contribution is 2.34. The van der Waals surface area contributed by atoms with Gasteiger partial charge in [0.2, 0.25) is 0 Å². The van der Waals surface area contributed by atoms with Crippen LogP contribution in [0.5, 0.6) is 0 Å². The molecule has 0 fully saturated rings. The molecule has 0 saturated carbocycles. The van der Waals surface area contributed by atoms with Crippen LogP contribution in [0.2, 0.25) is 0 Å². The Morgan fingerprint density at radius 3 is 1.68 bits per heavy atom. The molecule has 5 heteroatoms. The summed E-state index contributed by atoms with van der Waals surface area (Å²) in [6, 6.07) is 0. The molecule has 1 nitrogen and oxygen atoms in total. The zero-order valence-electron chi connectivity index (χ0n) is 12.9. The quantitative estimate of drug-likeness (QED) is 0.406. The molecule has 0 unspecified atom stereocenters. The van der Waals surface area contributed by atoms with E-state index in [1.165, 1.54) is 18.7 Å². The van der Waals surface area contributed by atoms with Crippen LogP contribution >= 0.6 is 0 Å². The summed E-state index contributed by atoms with van der Waals surface area (Å²) in [5, 5.41) is 0. The minimum absolute atomic E-state index is 0.373. The lowest BCUT2D eigenvalue weighted by Gasteiger charge is -2.26. The van der Waals surface area contributed by atoms with Gasteiger partial charge in [-0.15, -0.1) is 0 Å². The van der Waals surface area contributed by atoms with Gasteiger partial charge in [-0.05, 0) is 31.6 Å². The van der Waals surface area contributed by atoms with Gasteiger partial charge in [0.25, 0.3) is 0 Å². The van der Waals surface area contributed by atoms with E-state index < -0.39 is 40.4 Å². The number of benzene rings is 1. The standard InChI is InChI=1S/C17H21F4N/c1-11(2)12-13(18)15(20)17(16(21)14(12)19)22-9-7-5-3-4-6-8-10-22/h3-4,11H,5-10H2,1-2H3/b4-3-. The van der Waals surface area contributed by atoms with Crippen molar-refractivity contribution in [1.82, 2.24) is 0 Å². The molecule has 0 N–H and O–H groups in total. The van der Waals surface area contributed by atoms with Crippen molar-refractivity contribution in [3.05, 3.63) is 41.0 Å². The number of hydrogen-bond donors (Lipinski definition) is 0. The summed E-state index contributed by atoms with van der Waals surface area (Å²) in [4.78, 5) is 1.42. The molecule has 1 aliphatic heterocycles. The van der Waals surface area contributed by atoms with Gasteiger partial charge >= 0.3 is 0 Å². The fraction of sp³-hybridized carbons (Fsp3) is 0.529. The number of allylic oxidation sites excluding steroid dienone is 2. The molecule has 122 valence electrons.